The van der Waals surface area contributed by atoms with Gasteiger partial charge in [0, 0.05) is 16.5 Å². The highest BCUT2D eigenvalue weighted by Gasteiger charge is 2.20. The number of carbonyl (C=O) groups is 1. The largest absolute Gasteiger partial charge is 0.309 e. The van der Waals surface area contributed by atoms with Crippen LogP contribution in [0.25, 0.3) is 10.2 Å². The highest BCUT2D eigenvalue weighted by atomic mass is 32.2. The minimum atomic E-state index is -0.272. The zero-order chi connectivity index (χ0) is 20.5. The topological polar surface area (TPSA) is 87.7 Å². The summed E-state index contributed by atoms with van der Waals surface area (Å²) in [6.45, 7) is 5.90. The third kappa shape index (κ3) is 4.12. The minimum absolute atomic E-state index is 0.214. The first kappa shape index (κ1) is 19.8. The maximum atomic E-state index is 12.7. The molecule has 0 aliphatic heterocycles. The van der Waals surface area contributed by atoms with E-state index in [1.165, 1.54) is 38.7 Å². The molecule has 4 aromatic rings. The lowest BCUT2D eigenvalue weighted by atomic mass is 10.2. The number of thiazole rings is 1. The fourth-order valence-corrected chi connectivity index (χ4v) is 5.54. The fourth-order valence-electron chi connectivity index (χ4n) is 2.92. The molecule has 0 radical (unpaired) electrons. The molecule has 3 aromatic heterocycles. The number of aryl methyl sites for hydroxylation is 3. The Bertz CT molecular complexity index is 1260. The monoisotopic (exact) mass is 442 g/mol. The van der Waals surface area contributed by atoms with E-state index in [-0.39, 0.29) is 11.5 Å². The van der Waals surface area contributed by atoms with Crippen molar-refractivity contribution in [2.45, 2.75) is 31.4 Å². The van der Waals surface area contributed by atoms with Crippen molar-refractivity contribution in [1.29, 1.82) is 0 Å². The molecule has 4 rings (SSSR count). The second kappa shape index (κ2) is 8.10. The number of aromatic nitrogens is 3. The molecule has 2 N–H and O–H groups in total. The molecule has 0 saturated heterocycles. The molecule has 9 heteroatoms. The van der Waals surface area contributed by atoms with Gasteiger partial charge in [-0.1, -0.05) is 17.7 Å². The molecule has 0 saturated carbocycles. The van der Waals surface area contributed by atoms with Gasteiger partial charge in [-0.05, 0) is 38.0 Å². The molecular formula is C20H18N4O2S3. The molecular weight excluding hydrogens is 424 g/mol. The van der Waals surface area contributed by atoms with Gasteiger partial charge in [-0.3, -0.25) is 14.9 Å². The quantitative estimate of drug-likeness (QED) is 0.429. The van der Waals surface area contributed by atoms with Gasteiger partial charge in [-0.2, -0.15) is 0 Å². The van der Waals surface area contributed by atoms with Gasteiger partial charge >= 0.3 is 0 Å². The van der Waals surface area contributed by atoms with Crippen LogP contribution < -0.4 is 10.9 Å². The Morgan fingerprint density at radius 1 is 1.28 bits per heavy atom. The van der Waals surface area contributed by atoms with Crippen LogP contribution in [0, 0.1) is 20.8 Å². The maximum Gasteiger partial charge on any atom is 0.267 e. The second-order valence-corrected chi connectivity index (χ2v) is 9.51. The average Bonchev–Trinajstić information content (AvgIpc) is 3.30. The molecule has 0 aliphatic carbocycles. The Hall–Kier alpha value is -2.49. The van der Waals surface area contributed by atoms with E-state index in [0.717, 1.165) is 0 Å². The number of amides is 1. The Kier molecular flexibility index (Phi) is 5.53. The first-order valence-corrected chi connectivity index (χ1v) is 11.5. The van der Waals surface area contributed by atoms with E-state index in [0.29, 0.717) is 37.4 Å². The SMILES string of the molecule is Cc1ccc(C)c(SCc2nc3sc(C(=O)Nc4nccs4)c(C)c3c(=O)[nH]2)c1. The van der Waals surface area contributed by atoms with E-state index >= 15 is 0 Å². The highest BCUT2D eigenvalue weighted by molar-refractivity contribution is 7.98. The predicted octanol–water partition coefficient (Wildman–Crippen LogP) is 4.91. The number of thiophene rings is 1. The summed E-state index contributed by atoms with van der Waals surface area (Å²) in [6.07, 6.45) is 1.63. The molecule has 3 heterocycles. The number of benzene rings is 1. The van der Waals surface area contributed by atoms with Crippen molar-refractivity contribution in [2.75, 3.05) is 5.32 Å². The summed E-state index contributed by atoms with van der Waals surface area (Å²) < 4.78 is 0. The normalized spacial score (nSPS) is 11.1. The van der Waals surface area contributed by atoms with Crippen LogP contribution in [-0.4, -0.2) is 20.9 Å². The van der Waals surface area contributed by atoms with E-state index in [9.17, 15) is 9.59 Å². The Morgan fingerprint density at radius 3 is 2.86 bits per heavy atom. The van der Waals surface area contributed by atoms with Crippen LogP contribution >= 0.6 is 34.4 Å². The summed E-state index contributed by atoms with van der Waals surface area (Å²) >= 11 is 4.22. The predicted molar refractivity (Wildman–Crippen MR) is 121 cm³/mol. The Morgan fingerprint density at radius 2 is 2.10 bits per heavy atom. The first-order chi connectivity index (χ1) is 13.9. The zero-order valence-electron chi connectivity index (χ0n) is 16.0. The lowest BCUT2D eigenvalue weighted by Crippen LogP contribution is -2.13. The third-order valence-corrected chi connectivity index (χ3v) is 7.46. The standard InChI is InChI=1S/C20H18N4O2S3/c1-10-4-5-11(2)13(8-10)28-9-14-22-17(25)15-12(3)16(29-19(15)23-14)18(26)24-20-21-6-7-27-20/h4-8H,9H2,1-3H3,(H,21,24,26)(H,22,23,25). The molecule has 0 spiro atoms. The van der Waals surface area contributed by atoms with Crippen molar-refractivity contribution < 1.29 is 4.79 Å². The molecule has 29 heavy (non-hydrogen) atoms. The van der Waals surface area contributed by atoms with Gasteiger partial charge < -0.3 is 4.98 Å². The van der Waals surface area contributed by atoms with Crippen LogP contribution in [0.2, 0.25) is 0 Å². The van der Waals surface area contributed by atoms with Gasteiger partial charge in [0.2, 0.25) is 0 Å². The maximum absolute atomic E-state index is 12.7. The van der Waals surface area contributed by atoms with Crippen LogP contribution in [0.5, 0.6) is 0 Å². The number of fused-ring (bicyclic) bond motifs is 1. The lowest BCUT2D eigenvalue weighted by molar-refractivity contribution is 0.103. The molecule has 0 bridgehead atoms. The van der Waals surface area contributed by atoms with Crippen molar-refractivity contribution in [3.63, 3.8) is 0 Å². The van der Waals surface area contributed by atoms with Crippen LogP contribution in [0.3, 0.4) is 0 Å². The fraction of sp³-hybridized carbons (Fsp3) is 0.200. The van der Waals surface area contributed by atoms with E-state index in [1.807, 2.05) is 0 Å². The van der Waals surface area contributed by atoms with E-state index in [1.54, 1.807) is 30.3 Å². The van der Waals surface area contributed by atoms with Gasteiger partial charge in [-0.25, -0.2) is 9.97 Å². The summed E-state index contributed by atoms with van der Waals surface area (Å²) in [6, 6.07) is 6.30. The third-order valence-electron chi connectivity index (χ3n) is 4.42. The molecule has 6 nitrogen and oxygen atoms in total. The number of aromatic amines is 1. The number of thioether (sulfide) groups is 1. The average molecular weight is 443 g/mol. The number of rotatable bonds is 5. The zero-order valence-corrected chi connectivity index (χ0v) is 18.5. The van der Waals surface area contributed by atoms with E-state index in [4.69, 9.17) is 0 Å². The van der Waals surface area contributed by atoms with Gasteiger partial charge in [0.05, 0.1) is 16.0 Å². The summed E-state index contributed by atoms with van der Waals surface area (Å²) in [5, 5.41) is 5.56. The number of H-pyrrole nitrogens is 1. The van der Waals surface area contributed by atoms with Crippen molar-refractivity contribution in [3.8, 4) is 0 Å². The van der Waals surface area contributed by atoms with Crippen LogP contribution in [-0.2, 0) is 5.75 Å². The smallest absolute Gasteiger partial charge is 0.267 e. The molecule has 1 amide bonds. The van der Waals surface area contributed by atoms with Crippen molar-refractivity contribution in [1.82, 2.24) is 15.0 Å². The number of carbonyl (C=O) groups excluding carboxylic acids is 1. The number of hydrogen-bond acceptors (Lipinski definition) is 7. The molecule has 0 unspecified atom stereocenters. The molecule has 148 valence electrons. The van der Waals surface area contributed by atoms with Crippen LogP contribution in [0.15, 0.2) is 39.5 Å². The summed E-state index contributed by atoms with van der Waals surface area (Å²) in [5.41, 5.74) is 2.81. The summed E-state index contributed by atoms with van der Waals surface area (Å²) in [5.74, 6) is 0.875. The van der Waals surface area contributed by atoms with E-state index < -0.39 is 0 Å². The van der Waals surface area contributed by atoms with Gasteiger partial charge in [-0.15, -0.1) is 34.4 Å². The first-order valence-electron chi connectivity index (χ1n) is 8.85. The lowest BCUT2D eigenvalue weighted by Gasteiger charge is -2.06. The van der Waals surface area contributed by atoms with Crippen molar-refractivity contribution in [3.05, 3.63) is 67.5 Å². The number of anilines is 1. The number of hydrogen-bond donors (Lipinski definition) is 2. The van der Waals surface area contributed by atoms with E-state index in [2.05, 4.69) is 52.3 Å². The van der Waals surface area contributed by atoms with Crippen molar-refractivity contribution in [2.24, 2.45) is 0 Å². The molecule has 1 aromatic carbocycles. The number of nitrogens with zero attached hydrogens (tertiary/aromatic N) is 2. The number of nitrogens with one attached hydrogen (secondary N) is 2. The van der Waals surface area contributed by atoms with Crippen LogP contribution in [0.1, 0.15) is 32.2 Å². The van der Waals surface area contributed by atoms with Gasteiger partial charge in [0.15, 0.2) is 5.13 Å². The Labute approximate surface area is 179 Å². The minimum Gasteiger partial charge on any atom is -0.309 e. The second-order valence-electron chi connectivity index (χ2n) is 6.60. The summed E-state index contributed by atoms with van der Waals surface area (Å²) in [7, 11) is 0. The summed E-state index contributed by atoms with van der Waals surface area (Å²) in [4.78, 5) is 39.0. The molecule has 0 atom stereocenters. The van der Waals surface area contributed by atoms with Gasteiger partial charge in [0.25, 0.3) is 11.5 Å². The Balaban J connectivity index is 1.62. The molecule has 0 aliphatic rings. The van der Waals surface area contributed by atoms with Crippen LogP contribution in [0.4, 0.5) is 5.13 Å². The highest BCUT2D eigenvalue weighted by Crippen LogP contribution is 2.30. The van der Waals surface area contributed by atoms with Crippen molar-refractivity contribution >= 4 is 55.7 Å². The molecule has 0 fully saturated rings. The van der Waals surface area contributed by atoms with Gasteiger partial charge in [0.1, 0.15) is 10.7 Å².